The van der Waals surface area contributed by atoms with Crippen LogP contribution in [0.3, 0.4) is 0 Å². The lowest BCUT2D eigenvalue weighted by atomic mass is 10.0. The third-order valence-corrected chi connectivity index (χ3v) is 7.06. The third kappa shape index (κ3) is 4.74. The highest BCUT2D eigenvalue weighted by Crippen LogP contribution is 2.28. The molecule has 1 N–H and O–H groups in total. The molecule has 2 heterocycles. The van der Waals surface area contributed by atoms with E-state index in [2.05, 4.69) is 28.0 Å². The number of hydrogen-bond acceptors (Lipinski definition) is 6. The second kappa shape index (κ2) is 9.35. The Morgan fingerprint density at radius 2 is 2.11 bits per heavy atom. The Morgan fingerprint density at radius 1 is 1.21 bits per heavy atom. The van der Waals surface area contributed by atoms with Crippen LogP contribution >= 0.6 is 11.3 Å². The predicted octanol–water partition coefficient (Wildman–Crippen LogP) is 3.10. The molecule has 1 fully saturated rings. The maximum atomic E-state index is 9.60. The summed E-state index contributed by atoms with van der Waals surface area (Å²) in [7, 11) is 1.71. The minimum atomic E-state index is 0.235. The fourth-order valence-electron chi connectivity index (χ4n) is 4.40. The van der Waals surface area contributed by atoms with Crippen LogP contribution in [0.15, 0.2) is 24.3 Å². The molecule has 1 aromatic heterocycles. The summed E-state index contributed by atoms with van der Waals surface area (Å²) in [6.45, 7) is 5.16. The first kappa shape index (κ1) is 19.8. The first-order valence-electron chi connectivity index (χ1n) is 10.4. The van der Waals surface area contributed by atoms with E-state index in [0.29, 0.717) is 6.04 Å². The van der Waals surface area contributed by atoms with E-state index in [1.807, 2.05) is 17.4 Å². The fourth-order valence-corrected chi connectivity index (χ4v) is 5.60. The number of nitrogens with zero attached hydrogens (tertiary/aromatic N) is 3. The van der Waals surface area contributed by atoms with E-state index in [0.717, 1.165) is 51.3 Å². The van der Waals surface area contributed by atoms with Gasteiger partial charge >= 0.3 is 0 Å². The highest BCUT2D eigenvalue weighted by atomic mass is 32.1. The summed E-state index contributed by atoms with van der Waals surface area (Å²) < 4.78 is 5.36. The molecule has 28 heavy (non-hydrogen) atoms. The van der Waals surface area contributed by atoms with Crippen molar-refractivity contribution in [3.05, 3.63) is 45.4 Å². The summed E-state index contributed by atoms with van der Waals surface area (Å²) in [6, 6.07) is 8.68. The van der Waals surface area contributed by atoms with Gasteiger partial charge in [0.15, 0.2) is 0 Å². The number of ether oxygens (including phenoxy) is 1. The van der Waals surface area contributed by atoms with Crippen LogP contribution in [-0.4, -0.2) is 59.3 Å². The zero-order valence-corrected chi connectivity index (χ0v) is 17.6. The Labute approximate surface area is 172 Å². The number of aliphatic hydroxyl groups excluding tert-OH is 1. The average molecular weight is 402 g/mol. The van der Waals surface area contributed by atoms with Crippen molar-refractivity contribution in [1.29, 1.82) is 0 Å². The van der Waals surface area contributed by atoms with E-state index < -0.39 is 0 Å². The lowest BCUT2D eigenvalue weighted by molar-refractivity contribution is 0.0499. The summed E-state index contributed by atoms with van der Waals surface area (Å²) >= 11 is 1.92. The Balaban J connectivity index is 1.39. The molecule has 5 nitrogen and oxygen atoms in total. The Morgan fingerprint density at radius 3 is 2.93 bits per heavy atom. The van der Waals surface area contributed by atoms with Gasteiger partial charge in [0.2, 0.25) is 0 Å². The van der Waals surface area contributed by atoms with Gasteiger partial charge in [0.05, 0.1) is 19.3 Å². The number of hydrogen-bond donors (Lipinski definition) is 1. The van der Waals surface area contributed by atoms with Gasteiger partial charge < -0.3 is 9.84 Å². The number of thiazole rings is 1. The third-order valence-electron chi connectivity index (χ3n) is 5.92. The molecule has 0 radical (unpaired) electrons. The van der Waals surface area contributed by atoms with Crippen LogP contribution in [0.1, 0.15) is 40.4 Å². The molecule has 0 unspecified atom stereocenters. The van der Waals surface area contributed by atoms with Crippen LogP contribution in [0, 0.1) is 0 Å². The van der Waals surface area contributed by atoms with Crippen molar-refractivity contribution in [2.24, 2.45) is 0 Å². The minimum Gasteiger partial charge on any atom is -0.497 e. The lowest BCUT2D eigenvalue weighted by Gasteiger charge is -2.41. The summed E-state index contributed by atoms with van der Waals surface area (Å²) in [5.74, 6) is 0.905. The van der Waals surface area contributed by atoms with Gasteiger partial charge in [-0.15, -0.1) is 11.3 Å². The highest BCUT2D eigenvalue weighted by molar-refractivity contribution is 7.11. The van der Waals surface area contributed by atoms with Gasteiger partial charge in [0.1, 0.15) is 10.8 Å². The number of aromatic nitrogens is 1. The molecule has 2 aromatic rings. The summed E-state index contributed by atoms with van der Waals surface area (Å²) in [6.07, 6.45) is 5.80. The lowest BCUT2D eigenvalue weighted by Crippen LogP contribution is -2.52. The van der Waals surface area contributed by atoms with Gasteiger partial charge in [-0.2, -0.15) is 0 Å². The van der Waals surface area contributed by atoms with Gasteiger partial charge in [0, 0.05) is 43.7 Å². The van der Waals surface area contributed by atoms with Gasteiger partial charge in [-0.25, -0.2) is 4.98 Å². The topological polar surface area (TPSA) is 48.8 Å². The monoisotopic (exact) mass is 401 g/mol. The number of fused-ring (bicyclic) bond motifs is 1. The number of aryl methyl sites for hydroxylation is 2. The van der Waals surface area contributed by atoms with Crippen LogP contribution in [-0.2, 0) is 25.9 Å². The molecule has 1 atom stereocenters. The second-order valence-electron chi connectivity index (χ2n) is 7.91. The number of methoxy groups -OCH3 is 1. The molecule has 1 aliphatic carbocycles. The highest BCUT2D eigenvalue weighted by Gasteiger charge is 2.27. The molecule has 0 bridgehead atoms. The smallest absolute Gasteiger partial charge is 0.119 e. The van der Waals surface area contributed by atoms with Crippen molar-refractivity contribution < 1.29 is 9.84 Å². The van der Waals surface area contributed by atoms with Gasteiger partial charge in [-0.3, -0.25) is 9.80 Å². The standard InChI is InChI=1S/C22H31N3O2S/c1-27-19-6-4-5-17(13-19)14-25-11-10-24(15-18(25)9-12-26)16-22-23-20-7-2-3-8-21(20)28-22/h4-6,13,18,26H,2-3,7-12,14-16H2,1H3/t18-/m1/s1. The maximum Gasteiger partial charge on any atom is 0.119 e. The Kier molecular flexibility index (Phi) is 6.62. The Hall–Kier alpha value is -1.47. The molecule has 4 rings (SSSR count). The van der Waals surface area contributed by atoms with Gasteiger partial charge in [0.25, 0.3) is 0 Å². The maximum absolute atomic E-state index is 9.60. The van der Waals surface area contributed by atoms with Crippen LogP contribution < -0.4 is 4.74 Å². The fraction of sp³-hybridized carbons (Fsp3) is 0.591. The summed E-state index contributed by atoms with van der Waals surface area (Å²) in [5, 5.41) is 10.9. The molecular weight excluding hydrogens is 370 g/mol. The van der Waals surface area contributed by atoms with Gasteiger partial charge in [-0.05, 0) is 49.8 Å². The van der Waals surface area contributed by atoms with E-state index in [-0.39, 0.29) is 6.61 Å². The molecule has 0 spiro atoms. The number of rotatable bonds is 7. The molecule has 0 amide bonds. The number of benzene rings is 1. The van der Waals surface area contributed by atoms with Crippen LogP contribution in [0.25, 0.3) is 0 Å². The van der Waals surface area contributed by atoms with Crippen molar-refractivity contribution in [1.82, 2.24) is 14.8 Å². The summed E-state index contributed by atoms with van der Waals surface area (Å²) in [5.41, 5.74) is 2.62. The Bertz CT molecular complexity index is 755. The molecule has 1 aromatic carbocycles. The van der Waals surface area contributed by atoms with Crippen molar-refractivity contribution in [2.75, 3.05) is 33.4 Å². The van der Waals surface area contributed by atoms with E-state index in [1.54, 1.807) is 7.11 Å². The molecular formula is C22H31N3O2S. The zero-order chi connectivity index (χ0) is 19.3. The SMILES string of the molecule is COc1cccc(CN2CCN(Cc3nc4c(s3)CCCC4)C[C@H]2CCO)c1. The van der Waals surface area contributed by atoms with Gasteiger partial charge in [-0.1, -0.05) is 12.1 Å². The average Bonchev–Trinajstić information content (AvgIpc) is 3.12. The van der Waals surface area contributed by atoms with Crippen LogP contribution in [0.5, 0.6) is 5.75 Å². The molecule has 1 aliphatic heterocycles. The normalized spacial score (nSPS) is 20.9. The van der Waals surface area contributed by atoms with E-state index in [1.165, 1.54) is 40.4 Å². The number of piperazine rings is 1. The molecule has 2 aliphatic rings. The summed E-state index contributed by atoms with van der Waals surface area (Å²) in [4.78, 5) is 11.5. The number of aliphatic hydroxyl groups is 1. The second-order valence-corrected chi connectivity index (χ2v) is 9.08. The molecule has 6 heteroatoms. The van der Waals surface area contributed by atoms with Crippen LogP contribution in [0.4, 0.5) is 0 Å². The first-order valence-corrected chi connectivity index (χ1v) is 11.2. The van der Waals surface area contributed by atoms with E-state index >= 15 is 0 Å². The van der Waals surface area contributed by atoms with E-state index in [4.69, 9.17) is 9.72 Å². The zero-order valence-electron chi connectivity index (χ0n) is 16.8. The molecule has 152 valence electrons. The first-order chi connectivity index (χ1) is 13.7. The van der Waals surface area contributed by atoms with Crippen LogP contribution in [0.2, 0.25) is 0 Å². The minimum absolute atomic E-state index is 0.235. The molecule has 0 saturated carbocycles. The van der Waals surface area contributed by atoms with Crippen molar-refractivity contribution in [3.63, 3.8) is 0 Å². The van der Waals surface area contributed by atoms with Crippen molar-refractivity contribution >= 4 is 11.3 Å². The quantitative estimate of drug-likeness (QED) is 0.773. The largest absolute Gasteiger partial charge is 0.497 e. The van der Waals surface area contributed by atoms with Crippen molar-refractivity contribution in [3.8, 4) is 5.75 Å². The predicted molar refractivity (Wildman–Crippen MR) is 113 cm³/mol. The van der Waals surface area contributed by atoms with E-state index in [9.17, 15) is 5.11 Å². The molecule has 1 saturated heterocycles. The van der Waals surface area contributed by atoms with Crippen molar-refractivity contribution in [2.45, 2.75) is 51.2 Å².